The molecule has 0 radical (unpaired) electrons. The summed E-state index contributed by atoms with van der Waals surface area (Å²) in [4.78, 5) is 25.2. The van der Waals surface area contributed by atoms with Crippen LogP contribution in [-0.2, 0) is 0 Å². The summed E-state index contributed by atoms with van der Waals surface area (Å²) in [5.41, 5.74) is 4.12. The van der Waals surface area contributed by atoms with E-state index in [2.05, 4.69) is 10.3 Å². The summed E-state index contributed by atoms with van der Waals surface area (Å²) < 4.78 is 26.8. The molecule has 3 N–H and O–H groups in total. The lowest BCUT2D eigenvalue weighted by Gasteiger charge is -2.07. The number of anilines is 2. The van der Waals surface area contributed by atoms with Crippen LogP contribution in [0.4, 0.5) is 26.1 Å². The van der Waals surface area contributed by atoms with Crippen molar-refractivity contribution in [2.75, 3.05) is 11.1 Å². The Labute approximate surface area is 116 Å². The Hall–Kier alpha value is -3.10. The van der Waals surface area contributed by atoms with E-state index in [-0.39, 0.29) is 5.82 Å². The van der Waals surface area contributed by atoms with Crippen LogP contribution in [0.2, 0.25) is 0 Å². The molecule has 0 unspecified atom stereocenters. The number of hydrogen-bond donors (Lipinski definition) is 2. The average Bonchev–Trinajstić information content (AvgIpc) is 2.37. The molecule has 7 nitrogen and oxygen atoms in total. The molecule has 0 fully saturated rings. The molecule has 1 aromatic heterocycles. The fourth-order valence-electron chi connectivity index (χ4n) is 1.59. The largest absolute Gasteiger partial charge is 0.378 e. The van der Waals surface area contributed by atoms with Gasteiger partial charge < -0.3 is 11.1 Å². The second kappa shape index (κ2) is 5.49. The lowest BCUT2D eigenvalue weighted by Crippen LogP contribution is -2.17. The van der Waals surface area contributed by atoms with Gasteiger partial charge in [0.05, 0.1) is 4.92 Å². The van der Waals surface area contributed by atoms with Gasteiger partial charge in [0.15, 0.2) is 0 Å². The van der Waals surface area contributed by atoms with E-state index in [0.29, 0.717) is 0 Å². The van der Waals surface area contributed by atoms with E-state index in [9.17, 15) is 23.7 Å². The van der Waals surface area contributed by atoms with Gasteiger partial charge in [-0.05, 0) is 18.2 Å². The highest BCUT2D eigenvalue weighted by Crippen LogP contribution is 2.21. The van der Waals surface area contributed by atoms with Crippen LogP contribution < -0.4 is 11.1 Å². The summed E-state index contributed by atoms with van der Waals surface area (Å²) in [7, 11) is 0. The van der Waals surface area contributed by atoms with Gasteiger partial charge in [-0.25, -0.2) is 13.8 Å². The quantitative estimate of drug-likeness (QED) is 0.665. The molecule has 0 aliphatic carbocycles. The third kappa shape index (κ3) is 2.91. The lowest BCUT2D eigenvalue weighted by molar-refractivity contribution is -0.384. The van der Waals surface area contributed by atoms with Crippen molar-refractivity contribution in [2.45, 2.75) is 0 Å². The van der Waals surface area contributed by atoms with Crippen molar-refractivity contribution in [2.24, 2.45) is 0 Å². The van der Waals surface area contributed by atoms with Crippen molar-refractivity contribution in [3.05, 3.63) is 57.6 Å². The number of benzene rings is 1. The van der Waals surface area contributed by atoms with Crippen molar-refractivity contribution in [1.82, 2.24) is 4.98 Å². The van der Waals surface area contributed by atoms with E-state index in [1.807, 2.05) is 0 Å². The number of hydrogen-bond acceptors (Lipinski definition) is 5. The molecule has 0 aliphatic rings. The average molecular weight is 294 g/mol. The summed E-state index contributed by atoms with van der Waals surface area (Å²) in [6.45, 7) is 0. The van der Waals surface area contributed by atoms with E-state index in [1.165, 1.54) is 0 Å². The van der Waals surface area contributed by atoms with Gasteiger partial charge in [0.2, 0.25) is 5.82 Å². The minimum Gasteiger partial charge on any atom is -0.378 e. The number of pyridine rings is 1. The molecule has 2 rings (SSSR count). The number of nitrogens with one attached hydrogen (secondary N) is 1. The molecule has 0 saturated carbocycles. The Bertz CT molecular complexity index is 716. The number of nitrogens with two attached hydrogens (primary N) is 1. The molecule has 0 saturated heterocycles. The summed E-state index contributed by atoms with van der Waals surface area (Å²) >= 11 is 0. The van der Waals surface area contributed by atoms with E-state index < -0.39 is 39.5 Å². The first-order valence-corrected chi connectivity index (χ1v) is 5.56. The van der Waals surface area contributed by atoms with Gasteiger partial charge >= 0.3 is 5.69 Å². The number of halogens is 2. The van der Waals surface area contributed by atoms with Gasteiger partial charge in [0.25, 0.3) is 5.91 Å². The van der Waals surface area contributed by atoms with Crippen LogP contribution in [-0.4, -0.2) is 15.8 Å². The molecule has 0 spiro atoms. The van der Waals surface area contributed by atoms with E-state index in [4.69, 9.17) is 5.73 Å². The zero-order valence-corrected chi connectivity index (χ0v) is 10.3. The zero-order chi connectivity index (χ0) is 15.6. The van der Waals surface area contributed by atoms with Gasteiger partial charge in [0.1, 0.15) is 23.0 Å². The third-order valence-electron chi connectivity index (χ3n) is 2.53. The van der Waals surface area contributed by atoms with Gasteiger partial charge in [-0.1, -0.05) is 6.07 Å². The Morgan fingerprint density at radius 1 is 1.24 bits per heavy atom. The summed E-state index contributed by atoms with van der Waals surface area (Å²) in [5, 5.41) is 12.7. The summed E-state index contributed by atoms with van der Waals surface area (Å²) in [5.74, 6) is -3.74. The van der Waals surface area contributed by atoms with Crippen LogP contribution in [0.1, 0.15) is 10.4 Å². The first-order chi connectivity index (χ1) is 9.90. The van der Waals surface area contributed by atoms with E-state index in [0.717, 1.165) is 30.3 Å². The van der Waals surface area contributed by atoms with Crippen LogP contribution in [0.15, 0.2) is 30.3 Å². The summed E-state index contributed by atoms with van der Waals surface area (Å²) in [6, 6.07) is 5.09. The predicted octanol–water partition coefficient (Wildman–Crippen LogP) is 2.10. The highest BCUT2D eigenvalue weighted by atomic mass is 19.1. The van der Waals surface area contributed by atoms with Crippen LogP contribution in [0.5, 0.6) is 0 Å². The maximum absolute atomic E-state index is 13.4. The standard InChI is InChI=1S/C12H8F2N4O3/c13-6-2-1-3-7(14)10(6)12(19)17-9-5-4-8(18(20)21)11(15)16-9/h1-5H,(H3,15,16,17,19). The fraction of sp³-hybridized carbons (Fsp3) is 0. The topological polar surface area (TPSA) is 111 Å². The number of rotatable bonds is 3. The number of carbonyl (C=O) groups excluding carboxylic acids is 1. The molecule has 0 aliphatic heterocycles. The number of amides is 1. The Morgan fingerprint density at radius 3 is 2.38 bits per heavy atom. The number of aromatic nitrogens is 1. The highest BCUT2D eigenvalue weighted by Gasteiger charge is 2.19. The molecule has 0 atom stereocenters. The first kappa shape index (κ1) is 14.3. The third-order valence-corrected chi connectivity index (χ3v) is 2.53. The van der Waals surface area contributed by atoms with E-state index in [1.54, 1.807) is 0 Å². The second-order valence-corrected chi connectivity index (χ2v) is 3.91. The maximum atomic E-state index is 13.4. The normalized spacial score (nSPS) is 10.2. The molecular weight excluding hydrogens is 286 g/mol. The fourth-order valence-corrected chi connectivity index (χ4v) is 1.59. The van der Waals surface area contributed by atoms with Gasteiger partial charge in [0, 0.05) is 6.07 Å². The number of nitrogens with zero attached hydrogens (tertiary/aromatic N) is 2. The van der Waals surface area contributed by atoms with Crippen molar-refractivity contribution in [3.8, 4) is 0 Å². The van der Waals surface area contributed by atoms with Crippen LogP contribution in [0.25, 0.3) is 0 Å². The lowest BCUT2D eigenvalue weighted by atomic mass is 10.2. The second-order valence-electron chi connectivity index (χ2n) is 3.91. The van der Waals surface area contributed by atoms with Crippen LogP contribution in [0, 0.1) is 21.7 Å². The first-order valence-electron chi connectivity index (χ1n) is 5.56. The number of carbonyl (C=O) groups is 1. The molecular formula is C12H8F2N4O3. The molecule has 2 aromatic rings. The molecule has 21 heavy (non-hydrogen) atoms. The van der Waals surface area contributed by atoms with Crippen LogP contribution >= 0.6 is 0 Å². The van der Waals surface area contributed by atoms with Crippen molar-refractivity contribution >= 4 is 23.2 Å². The Morgan fingerprint density at radius 2 is 1.86 bits per heavy atom. The molecule has 9 heteroatoms. The molecule has 1 amide bonds. The molecule has 1 aromatic carbocycles. The van der Waals surface area contributed by atoms with Gasteiger partial charge in [-0.15, -0.1) is 0 Å². The molecule has 0 bridgehead atoms. The van der Waals surface area contributed by atoms with E-state index >= 15 is 0 Å². The SMILES string of the molecule is Nc1nc(NC(=O)c2c(F)cccc2F)ccc1[N+](=O)[O-]. The molecule has 108 valence electrons. The Kier molecular flexibility index (Phi) is 3.74. The van der Waals surface area contributed by atoms with Crippen molar-refractivity contribution in [3.63, 3.8) is 0 Å². The minimum absolute atomic E-state index is 0.161. The van der Waals surface area contributed by atoms with Crippen molar-refractivity contribution < 1.29 is 18.5 Å². The number of nitrogen functional groups attached to an aromatic ring is 1. The maximum Gasteiger partial charge on any atom is 0.311 e. The highest BCUT2D eigenvalue weighted by molar-refractivity contribution is 6.04. The smallest absolute Gasteiger partial charge is 0.311 e. The predicted molar refractivity (Wildman–Crippen MR) is 69.6 cm³/mol. The van der Waals surface area contributed by atoms with Gasteiger partial charge in [-0.3, -0.25) is 14.9 Å². The van der Waals surface area contributed by atoms with Gasteiger partial charge in [-0.2, -0.15) is 0 Å². The summed E-state index contributed by atoms with van der Waals surface area (Å²) in [6.07, 6.45) is 0. The minimum atomic E-state index is -1.08. The zero-order valence-electron chi connectivity index (χ0n) is 10.3. The molecule has 1 heterocycles. The van der Waals surface area contributed by atoms with Crippen LogP contribution in [0.3, 0.4) is 0 Å². The Balaban J connectivity index is 2.28. The number of nitro groups is 1. The monoisotopic (exact) mass is 294 g/mol. The van der Waals surface area contributed by atoms with Crippen molar-refractivity contribution in [1.29, 1.82) is 0 Å².